The average Bonchev–Trinajstić information content (AvgIpc) is 2.73. The van der Waals surface area contributed by atoms with E-state index in [1.165, 1.54) is 109 Å². The molecule has 1 aliphatic carbocycles. The lowest BCUT2D eigenvalue weighted by atomic mass is 10.0. The van der Waals surface area contributed by atoms with E-state index in [2.05, 4.69) is 72.9 Å². The first-order valence-corrected chi connectivity index (χ1v) is 12.5. The Morgan fingerprint density at radius 3 is 0.690 bits per heavy atom. The second-order valence-electron chi connectivity index (χ2n) is 8.28. The second-order valence-corrected chi connectivity index (χ2v) is 8.28. The Bertz CT molecular complexity index is 452. The minimum absolute atomic E-state index is 1.21. The Morgan fingerprint density at radius 2 is 0.414 bits per heavy atom. The van der Waals surface area contributed by atoms with Gasteiger partial charge in [-0.25, -0.2) is 0 Å². The van der Waals surface area contributed by atoms with Gasteiger partial charge in [-0.1, -0.05) is 156 Å². The standard InChI is InChI=1S/C29H46/c1-2-4-6-8-10-12-14-16-18-20-22-24-26-28-29-27-25-23-21-19-17-15-13-11-9-7-5-3-1/h1-12H,13-29H2/b3-1-,4-2-,7-5-,8-6-,11-9-,12-10?. The van der Waals surface area contributed by atoms with E-state index in [9.17, 15) is 0 Å². The molecule has 1 aliphatic rings. The molecule has 1 rings (SSSR count). The van der Waals surface area contributed by atoms with Crippen molar-refractivity contribution in [1.82, 2.24) is 0 Å². The molecule has 29 heavy (non-hydrogen) atoms. The third-order valence-electron chi connectivity index (χ3n) is 5.51. The molecular weight excluding hydrogens is 348 g/mol. The summed E-state index contributed by atoms with van der Waals surface area (Å²) >= 11 is 0. The van der Waals surface area contributed by atoms with Crippen LogP contribution < -0.4 is 0 Å². The molecule has 0 N–H and O–H groups in total. The van der Waals surface area contributed by atoms with E-state index in [0.717, 1.165) is 0 Å². The Labute approximate surface area is 182 Å². The fourth-order valence-electron chi connectivity index (χ4n) is 3.69. The topological polar surface area (TPSA) is 0 Å². The van der Waals surface area contributed by atoms with Crippen LogP contribution >= 0.6 is 0 Å². The lowest BCUT2D eigenvalue weighted by Crippen LogP contribution is -1.83. The number of rotatable bonds is 0. The summed E-state index contributed by atoms with van der Waals surface area (Å²) in [5.41, 5.74) is 0. The monoisotopic (exact) mass is 394 g/mol. The van der Waals surface area contributed by atoms with Crippen molar-refractivity contribution < 1.29 is 0 Å². The van der Waals surface area contributed by atoms with E-state index < -0.39 is 0 Å². The molecule has 0 atom stereocenters. The Hall–Kier alpha value is -1.56. The molecule has 0 spiro atoms. The quantitative estimate of drug-likeness (QED) is 0.383. The van der Waals surface area contributed by atoms with Gasteiger partial charge in [-0.3, -0.25) is 0 Å². The Balaban J connectivity index is 2.25. The highest BCUT2D eigenvalue weighted by Gasteiger charge is 1.94. The molecule has 0 heteroatoms. The van der Waals surface area contributed by atoms with E-state index >= 15 is 0 Å². The van der Waals surface area contributed by atoms with Crippen molar-refractivity contribution in [1.29, 1.82) is 0 Å². The first-order valence-electron chi connectivity index (χ1n) is 12.5. The molecular formula is C29H46. The molecule has 0 aromatic heterocycles. The molecule has 0 aromatic rings. The molecule has 0 fully saturated rings. The van der Waals surface area contributed by atoms with Crippen LogP contribution in [0.15, 0.2) is 72.9 Å². The fraction of sp³-hybridized carbons (Fsp3) is 0.586. The zero-order valence-electron chi connectivity index (χ0n) is 18.9. The summed E-state index contributed by atoms with van der Waals surface area (Å²) < 4.78 is 0. The first kappa shape index (κ1) is 25.5. The van der Waals surface area contributed by atoms with Gasteiger partial charge in [0.1, 0.15) is 0 Å². The molecule has 0 amide bonds. The van der Waals surface area contributed by atoms with Gasteiger partial charge in [0.15, 0.2) is 0 Å². The molecule has 0 radical (unpaired) electrons. The van der Waals surface area contributed by atoms with Gasteiger partial charge in [0.05, 0.1) is 0 Å². The molecule has 0 bridgehead atoms. The lowest BCUT2D eigenvalue weighted by molar-refractivity contribution is 0.531. The van der Waals surface area contributed by atoms with Crippen LogP contribution in [0.4, 0.5) is 0 Å². The molecule has 0 heterocycles. The van der Waals surface area contributed by atoms with Crippen LogP contribution in [0.5, 0.6) is 0 Å². The minimum atomic E-state index is 1.21. The van der Waals surface area contributed by atoms with Crippen LogP contribution in [-0.4, -0.2) is 0 Å². The van der Waals surface area contributed by atoms with Crippen LogP contribution in [0.3, 0.4) is 0 Å². The van der Waals surface area contributed by atoms with Gasteiger partial charge in [0.2, 0.25) is 0 Å². The number of hydrogen-bond donors (Lipinski definition) is 0. The second kappa shape index (κ2) is 22.7. The highest BCUT2D eigenvalue weighted by molar-refractivity contribution is 5.19. The minimum Gasteiger partial charge on any atom is -0.0845 e. The Kier molecular flexibility index (Phi) is 20.0. The molecule has 0 aliphatic heterocycles. The van der Waals surface area contributed by atoms with E-state index in [-0.39, 0.29) is 0 Å². The first-order chi connectivity index (χ1) is 14.5. The van der Waals surface area contributed by atoms with E-state index in [1.807, 2.05) is 0 Å². The maximum atomic E-state index is 2.30. The maximum absolute atomic E-state index is 2.30. The predicted octanol–water partition coefficient (Wildman–Crippen LogP) is 9.97. The smallest absolute Gasteiger partial charge is 0.0348 e. The van der Waals surface area contributed by atoms with Gasteiger partial charge < -0.3 is 0 Å². The van der Waals surface area contributed by atoms with Crippen LogP contribution in [0.1, 0.15) is 109 Å². The zero-order chi connectivity index (χ0) is 20.5. The molecule has 162 valence electrons. The summed E-state index contributed by atoms with van der Waals surface area (Å²) in [5, 5.41) is 0. The van der Waals surface area contributed by atoms with Crippen LogP contribution in [0.25, 0.3) is 0 Å². The van der Waals surface area contributed by atoms with Crippen molar-refractivity contribution in [2.75, 3.05) is 0 Å². The highest BCUT2D eigenvalue weighted by atomic mass is 14.0. The van der Waals surface area contributed by atoms with Gasteiger partial charge in [0, 0.05) is 0 Å². The van der Waals surface area contributed by atoms with Crippen LogP contribution in [0.2, 0.25) is 0 Å². The third-order valence-corrected chi connectivity index (χ3v) is 5.51. The number of allylic oxidation sites excluding steroid dienone is 12. The summed E-state index contributed by atoms with van der Waals surface area (Å²) in [6, 6.07) is 0. The van der Waals surface area contributed by atoms with E-state index in [0.29, 0.717) is 0 Å². The largest absolute Gasteiger partial charge is 0.0845 e. The predicted molar refractivity (Wildman–Crippen MR) is 133 cm³/mol. The van der Waals surface area contributed by atoms with Crippen LogP contribution in [-0.2, 0) is 0 Å². The number of hydrogen-bond acceptors (Lipinski definition) is 0. The van der Waals surface area contributed by atoms with E-state index in [1.54, 1.807) is 0 Å². The molecule has 0 aromatic carbocycles. The van der Waals surface area contributed by atoms with E-state index in [4.69, 9.17) is 0 Å². The lowest BCUT2D eigenvalue weighted by Gasteiger charge is -2.03. The molecule has 0 nitrogen and oxygen atoms in total. The van der Waals surface area contributed by atoms with Gasteiger partial charge in [-0.2, -0.15) is 0 Å². The fourth-order valence-corrected chi connectivity index (χ4v) is 3.69. The van der Waals surface area contributed by atoms with Gasteiger partial charge >= 0.3 is 0 Å². The molecule has 0 saturated carbocycles. The van der Waals surface area contributed by atoms with Gasteiger partial charge in [0.25, 0.3) is 0 Å². The van der Waals surface area contributed by atoms with Crippen molar-refractivity contribution in [3.8, 4) is 0 Å². The summed E-state index contributed by atoms with van der Waals surface area (Å²) in [5.74, 6) is 0. The van der Waals surface area contributed by atoms with Crippen molar-refractivity contribution in [2.24, 2.45) is 0 Å². The Morgan fingerprint density at radius 1 is 0.207 bits per heavy atom. The SMILES string of the molecule is C1=CCCCCCCCCCCCCCCCCC\C=C/C=C\C=C/C=C\C=C/1. The maximum Gasteiger partial charge on any atom is -0.0348 e. The van der Waals surface area contributed by atoms with Crippen molar-refractivity contribution in [3.63, 3.8) is 0 Å². The summed E-state index contributed by atoms with van der Waals surface area (Å²) in [6.07, 6.45) is 49.5. The summed E-state index contributed by atoms with van der Waals surface area (Å²) in [7, 11) is 0. The van der Waals surface area contributed by atoms with Gasteiger partial charge in [-0.15, -0.1) is 0 Å². The zero-order valence-corrected chi connectivity index (χ0v) is 18.9. The average molecular weight is 395 g/mol. The van der Waals surface area contributed by atoms with Crippen molar-refractivity contribution in [2.45, 2.75) is 109 Å². The summed E-state index contributed by atoms with van der Waals surface area (Å²) in [4.78, 5) is 0. The molecule has 0 saturated heterocycles. The summed E-state index contributed by atoms with van der Waals surface area (Å²) in [6.45, 7) is 0. The van der Waals surface area contributed by atoms with Crippen molar-refractivity contribution >= 4 is 0 Å². The highest BCUT2D eigenvalue weighted by Crippen LogP contribution is 2.14. The third kappa shape index (κ3) is 21.0. The van der Waals surface area contributed by atoms with Crippen molar-refractivity contribution in [3.05, 3.63) is 72.9 Å². The van der Waals surface area contributed by atoms with Crippen LogP contribution in [0, 0.1) is 0 Å². The normalized spacial score (nSPS) is 26.2. The van der Waals surface area contributed by atoms with Gasteiger partial charge in [-0.05, 0) is 25.7 Å². The molecule has 0 unspecified atom stereocenters.